The molecule has 1 aromatic heterocycles. The van der Waals surface area contributed by atoms with E-state index >= 15 is 0 Å². The Kier molecular flexibility index (Phi) is 5.43. The van der Waals surface area contributed by atoms with Gasteiger partial charge in [0.2, 0.25) is 17.8 Å². The molecular weight excluding hydrogens is 386 g/mol. The lowest BCUT2D eigenvalue weighted by molar-refractivity contribution is -0.123. The highest BCUT2D eigenvalue weighted by Gasteiger charge is 2.35. The van der Waals surface area contributed by atoms with Crippen LogP contribution in [0.4, 0.5) is 17.5 Å². The number of aromatic nitrogens is 2. The second kappa shape index (κ2) is 8.17. The predicted octanol–water partition coefficient (Wildman–Crippen LogP) is 2.22. The maximum atomic E-state index is 12.9. The van der Waals surface area contributed by atoms with E-state index < -0.39 is 17.4 Å². The second-order valence-corrected chi connectivity index (χ2v) is 7.72. The van der Waals surface area contributed by atoms with Gasteiger partial charge >= 0.3 is 0 Å². The number of methoxy groups -OCH3 is 1. The third-order valence-corrected chi connectivity index (χ3v) is 5.67. The Balaban J connectivity index is 1.65. The van der Waals surface area contributed by atoms with Crippen LogP contribution in [0.3, 0.4) is 0 Å². The molecule has 0 saturated carbocycles. The van der Waals surface area contributed by atoms with Crippen molar-refractivity contribution in [3.05, 3.63) is 40.2 Å². The van der Waals surface area contributed by atoms with Crippen molar-refractivity contribution in [1.29, 1.82) is 0 Å². The van der Waals surface area contributed by atoms with E-state index in [0.29, 0.717) is 17.4 Å². The van der Waals surface area contributed by atoms with Crippen molar-refractivity contribution in [2.45, 2.75) is 44.6 Å². The highest BCUT2D eigenvalue weighted by Crippen LogP contribution is 2.31. The molecule has 2 amide bonds. The lowest BCUT2D eigenvalue weighted by Crippen LogP contribution is -2.41. The van der Waals surface area contributed by atoms with E-state index in [1.165, 1.54) is 7.11 Å². The average molecular weight is 411 g/mol. The van der Waals surface area contributed by atoms with Crippen LogP contribution in [0, 0.1) is 0 Å². The first-order chi connectivity index (χ1) is 14.5. The van der Waals surface area contributed by atoms with Crippen LogP contribution in [0.25, 0.3) is 0 Å². The summed E-state index contributed by atoms with van der Waals surface area (Å²) < 4.78 is 5.17. The molecule has 3 N–H and O–H groups in total. The number of carbonyl (C=O) groups excluding carboxylic acids is 2. The van der Waals surface area contributed by atoms with Gasteiger partial charge in [-0.3, -0.25) is 19.4 Å². The SMILES string of the molecule is COc1cccc(NC(=O)C2CC(=O)Nc3nc(N4CCCCC4C)[nH]c(=O)c32)c1. The minimum Gasteiger partial charge on any atom is -0.497 e. The van der Waals surface area contributed by atoms with Crippen LogP contribution in [-0.4, -0.2) is 41.5 Å². The molecule has 1 aromatic carbocycles. The summed E-state index contributed by atoms with van der Waals surface area (Å²) in [5, 5.41) is 5.44. The molecule has 9 nitrogen and oxygen atoms in total. The maximum absolute atomic E-state index is 12.9. The molecule has 3 heterocycles. The van der Waals surface area contributed by atoms with Gasteiger partial charge in [-0.2, -0.15) is 4.98 Å². The zero-order valence-electron chi connectivity index (χ0n) is 17.0. The van der Waals surface area contributed by atoms with Crippen molar-refractivity contribution in [3.8, 4) is 5.75 Å². The molecular formula is C21H25N5O4. The molecule has 1 saturated heterocycles. The van der Waals surface area contributed by atoms with Crippen molar-refractivity contribution in [2.24, 2.45) is 0 Å². The summed E-state index contributed by atoms with van der Waals surface area (Å²) in [6.07, 6.45) is 3.05. The Morgan fingerprint density at radius 1 is 1.30 bits per heavy atom. The average Bonchev–Trinajstić information content (AvgIpc) is 2.73. The van der Waals surface area contributed by atoms with Gasteiger partial charge in [0.1, 0.15) is 11.6 Å². The van der Waals surface area contributed by atoms with Gasteiger partial charge in [0.15, 0.2) is 0 Å². The van der Waals surface area contributed by atoms with Gasteiger partial charge in [-0.05, 0) is 38.3 Å². The first-order valence-electron chi connectivity index (χ1n) is 10.1. The standard InChI is InChI=1S/C21H25N5O4/c1-12-6-3-4-9-26(12)21-24-18-17(20(29)25-21)15(11-16(27)23-18)19(28)22-13-7-5-8-14(10-13)30-2/h5,7-8,10,12,15H,3-4,6,9,11H2,1-2H3,(H,22,28)(H2,23,24,25,27,29). The molecule has 9 heteroatoms. The summed E-state index contributed by atoms with van der Waals surface area (Å²) in [6, 6.07) is 7.14. The van der Waals surface area contributed by atoms with Crippen molar-refractivity contribution in [3.63, 3.8) is 0 Å². The van der Waals surface area contributed by atoms with Crippen LogP contribution in [0.1, 0.15) is 44.1 Å². The van der Waals surface area contributed by atoms with Gasteiger partial charge in [-0.25, -0.2) is 0 Å². The summed E-state index contributed by atoms with van der Waals surface area (Å²) in [4.78, 5) is 47.5. The molecule has 2 aliphatic rings. The lowest BCUT2D eigenvalue weighted by Gasteiger charge is -2.34. The first kappa shape index (κ1) is 19.9. The molecule has 1 fully saturated rings. The summed E-state index contributed by atoms with van der Waals surface area (Å²) in [7, 11) is 1.54. The van der Waals surface area contributed by atoms with Crippen LogP contribution in [-0.2, 0) is 9.59 Å². The van der Waals surface area contributed by atoms with Crippen LogP contribution < -0.4 is 25.8 Å². The van der Waals surface area contributed by atoms with Crippen LogP contribution >= 0.6 is 0 Å². The lowest BCUT2D eigenvalue weighted by atomic mass is 9.92. The molecule has 0 radical (unpaired) electrons. The summed E-state index contributed by atoms with van der Waals surface area (Å²) in [5.41, 5.74) is 0.303. The number of anilines is 3. The minimum atomic E-state index is -0.927. The summed E-state index contributed by atoms with van der Waals surface area (Å²) >= 11 is 0. The van der Waals surface area contributed by atoms with Gasteiger partial charge < -0.3 is 20.3 Å². The number of benzene rings is 1. The number of hydrogen-bond acceptors (Lipinski definition) is 6. The second-order valence-electron chi connectivity index (χ2n) is 7.72. The Labute approximate surface area is 173 Å². The van der Waals surface area contributed by atoms with Crippen molar-refractivity contribution in [1.82, 2.24) is 9.97 Å². The molecule has 158 valence electrons. The van der Waals surface area contributed by atoms with Crippen molar-refractivity contribution >= 4 is 29.3 Å². The molecule has 0 spiro atoms. The summed E-state index contributed by atoms with van der Waals surface area (Å²) in [6.45, 7) is 2.87. The van der Waals surface area contributed by atoms with Gasteiger partial charge in [0, 0.05) is 30.8 Å². The molecule has 2 atom stereocenters. The number of piperidine rings is 1. The fourth-order valence-electron chi connectivity index (χ4n) is 4.06. The molecule has 2 aromatic rings. The Hall–Kier alpha value is -3.36. The number of nitrogens with zero attached hydrogens (tertiary/aromatic N) is 2. The predicted molar refractivity (Wildman–Crippen MR) is 113 cm³/mol. The zero-order valence-corrected chi connectivity index (χ0v) is 17.0. The normalized spacial score (nSPS) is 20.9. The van der Waals surface area contributed by atoms with E-state index in [2.05, 4.69) is 27.5 Å². The van der Waals surface area contributed by atoms with Gasteiger partial charge in [-0.1, -0.05) is 6.07 Å². The van der Waals surface area contributed by atoms with Gasteiger partial charge in [-0.15, -0.1) is 0 Å². The Morgan fingerprint density at radius 3 is 2.90 bits per heavy atom. The van der Waals surface area contributed by atoms with E-state index in [4.69, 9.17) is 4.74 Å². The number of nitrogens with one attached hydrogen (secondary N) is 3. The number of ether oxygens (including phenoxy) is 1. The molecule has 30 heavy (non-hydrogen) atoms. The largest absolute Gasteiger partial charge is 0.497 e. The Morgan fingerprint density at radius 2 is 2.13 bits per heavy atom. The molecule has 4 rings (SSSR count). The van der Waals surface area contributed by atoms with E-state index in [1.807, 2.05) is 4.90 Å². The number of hydrogen-bond donors (Lipinski definition) is 3. The van der Waals surface area contributed by atoms with E-state index in [0.717, 1.165) is 25.8 Å². The number of H-pyrrole nitrogens is 1. The molecule has 2 aliphatic heterocycles. The number of rotatable bonds is 4. The van der Waals surface area contributed by atoms with Crippen LogP contribution in [0.15, 0.2) is 29.1 Å². The van der Waals surface area contributed by atoms with E-state index in [9.17, 15) is 14.4 Å². The third-order valence-electron chi connectivity index (χ3n) is 5.67. The summed E-state index contributed by atoms with van der Waals surface area (Å²) in [5.74, 6) is -0.526. The highest BCUT2D eigenvalue weighted by atomic mass is 16.5. The number of aromatic amines is 1. The fraction of sp³-hybridized carbons (Fsp3) is 0.429. The molecule has 0 aliphatic carbocycles. The van der Waals surface area contributed by atoms with Crippen LogP contribution in [0.5, 0.6) is 5.75 Å². The maximum Gasteiger partial charge on any atom is 0.258 e. The van der Waals surface area contributed by atoms with Gasteiger partial charge in [0.05, 0.1) is 18.6 Å². The first-order valence-corrected chi connectivity index (χ1v) is 10.1. The number of carbonyl (C=O) groups is 2. The molecule has 0 bridgehead atoms. The highest BCUT2D eigenvalue weighted by molar-refractivity contribution is 6.04. The van der Waals surface area contributed by atoms with E-state index in [-0.39, 0.29) is 29.8 Å². The van der Waals surface area contributed by atoms with Gasteiger partial charge in [0.25, 0.3) is 5.56 Å². The number of amides is 2. The Bertz CT molecular complexity index is 1030. The zero-order chi connectivity index (χ0) is 21.3. The van der Waals surface area contributed by atoms with Crippen molar-refractivity contribution in [2.75, 3.05) is 29.2 Å². The smallest absolute Gasteiger partial charge is 0.258 e. The van der Waals surface area contributed by atoms with Crippen LogP contribution in [0.2, 0.25) is 0 Å². The quantitative estimate of drug-likeness (QED) is 0.710. The monoisotopic (exact) mass is 411 g/mol. The fourth-order valence-corrected chi connectivity index (χ4v) is 4.06. The number of fused-ring (bicyclic) bond motifs is 1. The minimum absolute atomic E-state index is 0.118. The molecule has 2 unspecified atom stereocenters. The van der Waals surface area contributed by atoms with E-state index in [1.54, 1.807) is 24.3 Å². The van der Waals surface area contributed by atoms with Crippen molar-refractivity contribution < 1.29 is 14.3 Å². The third kappa shape index (κ3) is 3.87. The topological polar surface area (TPSA) is 116 Å².